The molecular weight excluding hydrogens is 300 g/mol. The van der Waals surface area contributed by atoms with Gasteiger partial charge in [0.25, 0.3) is 0 Å². The van der Waals surface area contributed by atoms with Gasteiger partial charge in [-0.15, -0.1) is 0 Å². The number of benzene rings is 1. The summed E-state index contributed by atoms with van der Waals surface area (Å²) in [5, 5.41) is 12.6. The van der Waals surface area contributed by atoms with E-state index < -0.39 is 0 Å². The number of hydrogen-bond acceptors (Lipinski definition) is 3. The Morgan fingerprint density at radius 3 is 2.54 bits per heavy atom. The smallest absolute Gasteiger partial charge is 0.227 e. The Kier molecular flexibility index (Phi) is 6.05. The molecule has 130 valence electrons. The molecule has 4 heteroatoms. The molecule has 0 spiro atoms. The van der Waals surface area contributed by atoms with Crippen molar-refractivity contribution in [1.29, 1.82) is 0 Å². The zero-order chi connectivity index (χ0) is 16.8. The van der Waals surface area contributed by atoms with Crippen molar-refractivity contribution in [3.63, 3.8) is 0 Å². The van der Waals surface area contributed by atoms with Gasteiger partial charge in [0.15, 0.2) is 0 Å². The van der Waals surface area contributed by atoms with Crippen LogP contribution < -0.4 is 5.32 Å². The van der Waals surface area contributed by atoms with Crippen molar-refractivity contribution in [1.82, 2.24) is 4.90 Å². The molecule has 0 radical (unpaired) electrons. The van der Waals surface area contributed by atoms with Crippen LogP contribution in [0.1, 0.15) is 37.7 Å². The van der Waals surface area contributed by atoms with E-state index in [1.54, 1.807) is 0 Å². The molecule has 24 heavy (non-hydrogen) atoms. The van der Waals surface area contributed by atoms with Crippen molar-refractivity contribution in [3.05, 3.63) is 42.0 Å². The fraction of sp³-hybridized carbons (Fsp3) is 0.550. The Labute approximate surface area is 144 Å². The van der Waals surface area contributed by atoms with Crippen LogP contribution in [-0.2, 0) is 11.2 Å². The number of likely N-dealkylation sites (tertiary alicyclic amines) is 1. The van der Waals surface area contributed by atoms with Crippen LogP contribution in [0.15, 0.2) is 36.4 Å². The van der Waals surface area contributed by atoms with Crippen LogP contribution in [-0.4, -0.2) is 41.7 Å². The van der Waals surface area contributed by atoms with Crippen LogP contribution >= 0.6 is 0 Å². The molecule has 0 aromatic heterocycles. The monoisotopic (exact) mass is 328 g/mol. The van der Waals surface area contributed by atoms with Crippen molar-refractivity contribution in [2.45, 2.75) is 44.6 Å². The second-order valence-corrected chi connectivity index (χ2v) is 6.99. The highest BCUT2D eigenvalue weighted by atomic mass is 16.3. The number of carbonyl (C=O) groups excluding carboxylic acids is 1. The van der Waals surface area contributed by atoms with Crippen LogP contribution in [0.3, 0.4) is 0 Å². The average molecular weight is 328 g/mol. The number of allylic oxidation sites excluding steroid dienone is 2. The summed E-state index contributed by atoms with van der Waals surface area (Å²) in [5.41, 5.74) is 2.18. The SMILES string of the molecule is O=C(Nc1ccc(CCN2CCC(O)CC2)cc1)[C@@H]1CC=CCC1. The van der Waals surface area contributed by atoms with Crippen LogP contribution in [0.25, 0.3) is 0 Å². The molecule has 1 aromatic carbocycles. The van der Waals surface area contributed by atoms with Gasteiger partial charge < -0.3 is 15.3 Å². The Bertz CT molecular complexity index is 560. The number of rotatable bonds is 5. The Morgan fingerprint density at radius 2 is 1.88 bits per heavy atom. The lowest BCUT2D eigenvalue weighted by molar-refractivity contribution is -0.120. The van der Waals surface area contributed by atoms with Crippen LogP contribution in [0.2, 0.25) is 0 Å². The van der Waals surface area contributed by atoms with E-state index in [-0.39, 0.29) is 17.9 Å². The molecule has 4 nitrogen and oxygen atoms in total. The number of anilines is 1. The van der Waals surface area contributed by atoms with E-state index >= 15 is 0 Å². The molecule has 1 aromatic rings. The van der Waals surface area contributed by atoms with Crippen molar-refractivity contribution in [2.24, 2.45) is 5.92 Å². The van der Waals surface area contributed by atoms with Gasteiger partial charge in [-0.1, -0.05) is 24.3 Å². The molecule has 1 aliphatic carbocycles. The number of aliphatic hydroxyl groups excluding tert-OH is 1. The largest absolute Gasteiger partial charge is 0.393 e. The molecule has 1 aliphatic heterocycles. The maximum atomic E-state index is 12.2. The molecule has 2 aliphatic rings. The van der Waals surface area contributed by atoms with Crippen molar-refractivity contribution in [2.75, 3.05) is 25.0 Å². The fourth-order valence-electron chi connectivity index (χ4n) is 3.46. The van der Waals surface area contributed by atoms with Gasteiger partial charge in [0, 0.05) is 31.2 Å². The standard InChI is InChI=1S/C20H28N2O2/c23-19-11-14-22(15-12-19)13-10-16-6-8-18(9-7-16)21-20(24)17-4-2-1-3-5-17/h1-2,6-9,17,19,23H,3-5,10-15H2,(H,21,24)/t17-/m1/s1. The maximum absolute atomic E-state index is 12.2. The molecule has 1 amide bonds. The molecule has 1 heterocycles. The third kappa shape index (κ3) is 4.92. The summed E-state index contributed by atoms with van der Waals surface area (Å²) in [5.74, 6) is 0.253. The number of hydrogen-bond donors (Lipinski definition) is 2. The van der Waals surface area contributed by atoms with Crippen LogP contribution in [0, 0.1) is 5.92 Å². The Balaban J connectivity index is 1.44. The summed E-state index contributed by atoms with van der Waals surface area (Å²) < 4.78 is 0. The van der Waals surface area contributed by atoms with E-state index in [0.29, 0.717) is 0 Å². The molecule has 0 bridgehead atoms. The highest BCUT2D eigenvalue weighted by Gasteiger charge is 2.19. The first kappa shape index (κ1) is 17.2. The molecule has 1 fully saturated rings. The lowest BCUT2D eigenvalue weighted by atomic mass is 9.93. The first-order valence-electron chi connectivity index (χ1n) is 9.16. The van der Waals surface area contributed by atoms with Gasteiger partial charge in [-0.05, 0) is 56.2 Å². The van der Waals surface area contributed by atoms with Crippen molar-refractivity contribution < 1.29 is 9.90 Å². The Morgan fingerprint density at radius 1 is 1.12 bits per heavy atom. The lowest BCUT2D eigenvalue weighted by Crippen LogP contribution is -2.37. The van der Waals surface area contributed by atoms with Crippen molar-refractivity contribution >= 4 is 11.6 Å². The molecule has 1 atom stereocenters. The third-order valence-corrected chi connectivity index (χ3v) is 5.14. The van der Waals surface area contributed by atoms with Gasteiger partial charge in [-0.3, -0.25) is 4.79 Å². The topological polar surface area (TPSA) is 52.6 Å². The molecule has 0 saturated carbocycles. The number of piperidine rings is 1. The quantitative estimate of drug-likeness (QED) is 0.817. The van der Waals surface area contributed by atoms with E-state index in [1.807, 2.05) is 12.1 Å². The highest BCUT2D eigenvalue weighted by molar-refractivity contribution is 5.92. The highest BCUT2D eigenvalue weighted by Crippen LogP contribution is 2.20. The molecule has 2 N–H and O–H groups in total. The van der Waals surface area contributed by atoms with Gasteiger partial charge in [0.05, 0.1) is 6.10 Å². The number of nitrogens with zero attached hydrogens (tertiary/aromatic N) is 1. The van der Waals surface area contributed by atoms with Gasteiger partial charge in [0.1, 0.15) is 0 Å². The second-order valence-electron chi connectivity index (χ2n) is 6.99. The predicted octanol–water partition coefficient (Wildman–Crippen LogP) is 2.98. The number of aliphatic hydroxyl groups is 1. The van der Waals surface area contributed by atoms with Gasteiger partial charge >= 0.3 is 0 Å². The Hall–Kier alpha value is -1.65. The van der Waals surface area contributed by atoms with Crippen LogP contribution in [0.4, 0.5) is 5.69 Å². The third-order valence-electron chi connectivity index (χ3n) is 5.14. The fourth-order valence-corrected chi connectivity index (χ4v) is 3.46. The maximum Gasteiger partial charge on any atom is 0.227 e. The average Bonchev–Trinajstić information content (AvgIpc) is 2.63. The zero-order valence-corrected chi connectivity index (χ0v) is 14.3. The summed E-state index contributed by atoms with van der Waals surface area (Å²) in [6, 6.07) is 8.22. The summed E-state index contributed by atoms with van der Waals surface area (Å²) in [6.45, 7) is 3.02. The zero-order valence-electron chi connectivity index (χ0n) is 14.3. The van der Waals surface area contributed by atoms with E-state index in [1.165, 1.54) is 5.56 Å². The van der Waals surface area contributed by atoms with E-state index in [0.717, 1.165) is 63.8 Å². The minimum atomic E-state index is -0.108. The first-order chi connectivity index (χ1) is 11.7. The van der Waals surface area contributed by atoms with Gasteiger partial charge in [-0.25, -0.2) is 0 Å². The van der Waals surface area contributed by atoms with Gasteiger partial charge in [0.2, 0.25) is 5.91 Å². The first-order valence-corrected chi connectivity index (χ1v) is 9.16. The summed E-state index contributed by atoms with van der Waals surface area (Å²) in [7, 11) is 0. The molecular formula is C20H28N2O2. The van der Waals surface area contributed by atoms with Crippen LogP contribution in [0.5, 0.6) is 0 Å². The lowest BCUT2D eigenvalue weighted by Gasteiger charge is -2.29. The van der Waals surface area contributed by atoms with E-state index in [4.69, 9.17) is 0 Å². The number of nitrogens with one attached hydrogen (secondary N) is 1. The summed E-state index contributed by atoms with van der Waals surface area (Å²) in [4.78, 5) is 14.7. The summed E-state index contributed by atoms with van der Waals surface area (Å²) >= 11 is 0. The second kappa shape index (κ2) is 8.45. The molecule has 0 unspecified atom stereocenters. The molecule has 3 rings (SSSR count). The summed E-state index contributed by atoms with van der Waals surface area (Å²) in [6.07, 6.45) is 9.76. The normalized spacial score (nSPS) is 22.5. The minimum Gasteiger partial charge on any atom is -0.393 e. The van der Waals surface area contributed by atoms with E-state index in [9.17, 15) is 9.90 Å². The number of amides is 1. The molecule has 1 saturated heterocycles. The minimum absolute atomic E-state index is 0.108. The van der Waals surface area contributed by atoms with Crippen molar-refractivity contribution in [3.8, 4) is 0 Å². The van der Waals surface area contributed by atoms with Gasteiger partial charge in [-0.2, -0.15) is 0 Å². The predicted molar refractivity (Wildman–Crippen MR) is 96.9 cm³/mol. The van der Waals surface area contributed by atoms with E-state index in [2.05, 4.69) is 34.5 Å². The number of carbonyl (C=O) groups is 1.